The Morgan fingerprint density at radius 2 is 2.50 bits per heavy atom. The highest BCUT2D eigenvalue weighted by Crippen LogP contribution is 2.23. The minimum absolute atomic E-state index is 0.589. The van der Waals surface area contributed by atoms with Crippen molar-refractivity contribution >= 4 is 6.21 Å². The van der Waals surface area contributed by atoms with Gasteiger partial charge in [0.25, 0.3) is 0 Å². The summed E-state index contributed by atoms with van der Waals surface area (Å²) < 4.78 is 0. The van der Waals surface area contributed by atoms with E-state index in [0.29, 0.717) is 5.92 Å². The summed E-state index contributed by atoms with van der Waals surface area (Å²) in [6, 6.07) is 0. The van der Waals surface area contributed by atoms with Crippen LogP contribution < -0.4 is 0 Å². The first kappa shape index (κ1) is 5.70. The van der Waals surface area contributed by atoms with Gasteiger partial charge in [-0.2, -0.15) is 0 Å². The van der Waals surface area contributed by atoms with E-state index in [0.717, 1.165) is 6.54 Å². The zero-order valence-corrected chi connectivity index (χ0v) is 5.96. The number of nitrogens with zero attached hydrogens (tertiary/aromatic N) is 1. The van der Waals surface area contributed by atoms with Crippen molar-refractivity contribution in [3.05, 3.63) is 29.0 Å². The molecular weight excluding hydrogens is 122 g/mol. The van der Waals surface area contributed by atoms with Crippen molar-refractivity contribution in [2.75, 3.05) is 6.54 Å². The normalized spacial score (nSPS) is 27.9. The first-order valence-electron chi connectivity index (χ1n) is 3.54. The van der Waals surface area contributed by atoms with Crippen LogP contribution in [-0.4, -0.2) is 12.8 Å². The maximum Gasteiger partial charge on any atom is 0.0456 e. The second-order valence-corrected chi connectivity index (χ2v) is 2.76. The van der Waals surface area contributed by atoms with Crippen molar-refractivity contribution in [2.45, 2.75) is 6.92 Å². The number of dihydropyridines is 1. The monoisotopic (exact) mass is 131 g/mol. The molecule has 1 atom stereocenters. The van der Waals surface area contributed by atoms with Crippen molar-refractivity contribution in [2.24, 2.45) is 10.9 Å². The highest BCUT2D eigenvalue weighted by Gasteiger charge is 2.14. The maximum atomic E-state index is 4.23. The lowest BCUT2D eigenvalue weighted by Crippen LogP contribution is -2.08. The Kier molecular flexibility index (Phi) is 1.12. The standard InChI is InChI=1S/C9H9N/c1-7-5-10-6-8-3-2-4-9(7)8/h3-4,6-7H,5H2,1H3/t7-/m0/s1. The molecule has 2 aliphatic rings. The minimum Gasteiger partial charge on any atom is -0.292 e. The lowest BCUT2D eigenvalue weighted by Gasteiger charge is -2.13. The SMILES string of the molecule is C[C@H]1CN=CC2=C1C=C=C2. The van der Waals surface area contributed by atoms with E-state index in [9.17, 15) is 0 Å². The quantitative estimate of drug-likeness (QED) is 0.444. The highest BCUT2D eigenvalue weighted by atomic mass is 14.7. The second kappa shape index (κ2) is 1.96. The van der Waals surface area contributed by atoms with Crippen molar-refractivity contribution in [1.29, 1.82) is 0 Å². The fourth-order valence-corrected chi connectivity index (χ4v) is 1.33. The third kappa shape index (κ3) is 0.680. The molecule has 0 bridgehead atoms. The Balaban J connectivity index is 2.43. The Morgan fingerprint density at radius 3 is 3.30 bits per heavy atom. The molecule has 10 heavy (non-hydrogen) atoms. The number of rotatable bonds is 0. The third-order valence-corrected chi connectivity index (χ3v) is 1.95. The fraction of sp³-hybridized carbons (Fsp3) is 0.333. The van der Waals surface area contributed by atoms with Gasteiger partial charge in [-0.25, -0.2) is 0 Å². The van der Waals surface area contributed by atoms with Gasteiger partial charge in [-0.3, -0.25) is 4.99 Å². The third-order valence-electron chi connectivity index (χ3n) is 1.95. The van der Waals surface area contributed by atoms with Crippen LogP contribution in [0.15, 0.2) is 34.0 Å². The van der Waals surface area contributed by atoms with E-state index < -0.39 is 0 Å². The van der Waals surface area contributed by atoms with Gasteiger partial charge >= 0.3 is 0 Å². The summed E-state index contributed by atoms with van der Waals surface area (Å²) in [7, 11) is 0. The number of aliphatic imine (C=N–C) groups is 1. The smallest absolute Gasteiger partial charge is 0.0456 e. The molecule has 0 fully saturated rings. The van der Waals surface area contributed by atoms with Gasteiger partial charge in [0.2, 0.25) is 0 Å². The fourth-order valence-electron chi connectivity index (χ4n) is 1.33. The molecule has 0 aromatic rings. The van der Waals surface area contributed by atoms with Crippen LogP contribution in [-0.2, 0) is 0 Å². The van der Waals surface area contributed by atoms with E-state index in [2.05, 4.69) is 23.7 Å². The van der Waals surface area contributed by atoms with Gasteiger partial charge < -0.3 is 0 Å². The van der Waals surface area contributed by atoms with Crippen LogP contribution in [0.2, 0.25) is 0 Å². The van der Waals surface area contributed by atoms with E-state index in [1.54, 1.807) is 0 Å². The van der Waals surface area contributed by atoms with Crippen LogP contribution >= 0.6 is 0 Å². The van der Waals surface area contributed by atoms with Crippen LogP contribution in [0.3, 0.4) is 0 Å². The summed E-state index contributed by atoms with van der Waals surface area (Å²) >= 11 is 0. The van der Waals surface area contributed by atoms with E-state index >= 15 is 0 Å². The maximum absolute atomic E-state index is 4.23. The summed E-state index contributed by atoms with van der Waals surface area (Å²) in [5.41, 5.74) is 5.73. The molecule has 1 heterocycles. The Morgan fingerprint density at radius 1 is 1.60 bits per heavy atom. The molecule has 0 saturated heterocycles. The molecule has 0 saturated carbocycles. The van der Waals surface area contributed by atoms with E-state index in [1.807, 2.05) is 12.3 Å². The van der Waals surface area contributed by atoms with E-state index in [1.165, 1.54) is 11.1 Å². The Bertz CT molecular complexity index is 275. The van der Waals surface area contributed by atoms with Crippen LogP contribution in [0.5, 0.6) is 0 Å². The summed E-state index contributed by atoms with van der Waals surface area (Å²) in [4.78, 5) is 4.23. The molecule has 1 aliphatic carbocycles. The minimum atomic E-state index is 0.589. The van der Waals surface area contributed by atoms with E-state index in [-0.39, 0.29) is 0 Å². The van der Waals surface area contributed by atoms with Gasteiger partial charge in [0.1, 0.15) is 0 Å². The molecule has 0 aromatic carbocycles. The summed E-state index contributed by atoms with van der Waals surface area (Å²) in [5.74, 6) is 0.589. The van der Waals surface area contributed by atoms with Crippen molar-refractivity contribution in [1.82, 2.24) is 0 Å². The van der Waals surface area contributed by atoms with Gasteiger partial charge in [-0.15, -0.1) is 5.73 Å². The molecule has 0 amide bonds. The van der Waals surface area contributed by atoms with Crippen molar-refractivity contribution < 1.29 is 0 Å². The second-order valence-electron chi connectivity index (χ2n) is 2.76. The van der Waals surface area contributed by atoms with Crippen molar-refractivity contribution in [3.8, 4) is 0 Å². The predicted octanol–water partition coefficient (Wildman–Crippen LogP) is 1.73. The molecule has 1 heteroatoms. The summed E-state index contributed by atoms with van der Waals surface area (Å²) in [5, 5.41) is 0. The average Bonchev–Trinajstić information content (AvgIpc) is 2.36. The van der Waals surface area contributed by atoms with Gasteiger partial charge in [-0.1, -0.05) is 6.92 Å². The highest BCUT2D eigenvalue weighted by molar-refractivity contribution is 5.86. The van der Waals surface area contributed by atoms with Gasteiger partial charge in [0.05, 0.1) is 0 Å². The summed E-state index contributed by atoms with van der Waals surface area (Å²) in [6.07, 6.45) is 5.99. The largest absolute Gasteiger partial charge is 0.292 e. The Labute approximate surface area is 60.5 Å². The van der Waals surface area contributed by atoms with Crippen LogP contribution in [0.1, 0.15) is 6.92 Å². The molecule has 1 nitrogen and oxygen atoms in total. The molecule has 50 valence electrons. The number of hydrogen-bond donors (Lipinski definition) is 0. The lowest BCUT2D eigenvalue weighted by atomic mass is 9.96. The number of allylic oxidation sites excluding steroid dienone is 2. The van der Waals surface area contributed by atoms with E-state index in [4.69, 9.17) is 0 Å². The van der Waals surface area contributed by atoms with Crippen LogP contribution in [0.4, 0.5) is 0 Å². The molecule has 2 rings (SSSR count). The first-order valence-corrected chi connectivity index (χ1v) is 3.54. The topological polar surface area (TPSA) is 12.4 Å². The lowest BCUT2D eigenvalue weighted by molar-refractivity contribution is 0.704. The predicted molar refractivity (Wildman–Crippen MR) is 42.2 cm³/mol. The molecule has 0 spiro atoms. The molecule has 0 N–H and O–H groups in total. The molecule has 0 aromatic heterocycles. The van der Waals surface area contributed by atoms with Gasteiger partial charge in [0.15, 0.2) is 0 Å². The summed E-state index contributed by atoms with van der Waals surface area (Å²) in [6.45, 7) is 3.13. The first-order chi connectivity index (χ1) is 4.88. The molecule has 1 aliphatic heterocycles. The van der Waals surface area contributed by atoms with Gasteiger partial charge in [-0.05, 0) is 17.7 Å². The number of hydrogen-bond acceptors (Lipinski definition) is 1. The van der Waals surface area contributed by atoms with Gasteiger partial charge in [0, 0.05) is 24.3 Å². The molecular formula is C9H9N. The van der Waals surface area contributed by atoms with Crippen molar-refractivity contribution in [3.63, 3.8) is 0 Å². The van der Waals surface area contributed by atoms with Crippen LogP contribution in [0, 0.1) is 5.92 Å². The zero-order valence-electron chi connectivity index (χ0n) is 5.96. The molecule has 0 radical (unpaired) electrons. The average molecular weight is 131 g/mol. The zero-order chi connectivity index (χ0) is 6.97. The Hall–Kier alpha value is -1.07. The van der Waals surface area contributed by atoms with Crippen LogP contribution in [0.25, 0.3) is 0 Å². The molecule has 0 unspecified atom stereocenters.